The van der Waals surface area contributed by atoms with Crippen molar-refractivity contribution in [1.29, 1.82) is 0 Å². The Kier molecular flexibility index (Phi) is 3.26. The van der Waals surface area contributed by atoms with E-state index in [0.29, 0.717) is 16.9 Å². The number of hydrogen-bond acceptors (Lipinski definition) is 5. The van der Waals surface area contributed by atoms with Crippen LogP contribution in [0, 0.1) is 0 Å². The Labute approximate surface area is 108 Å². The first-order valence-electron chi connectivity index (χ1n) is 5.13. The number of aromatic nitrogens is 1. The van der Waals surface area contributed by atoms with Crippen molar-refractivity contribution in [2.75, 3.05) is 11.0 Å². The second-order valence-corrected chi connectivity index (χ2v) is 5.58. The summed E-state index contributed by atoms with van der Waals surface area (Å²) in [6, 6.07) is 7.60. The summed E-state index contributed by atoms with van der Waals surface area (Å²) < 4.78 is 29.0. The molecule has 0 amide bonds. The third-order valence-electron chi connectivity index (χ3n) is 2.20. The SMILES string of the molecule is CS(=O)(=O)Nc1ccc(-c2cc(C(=O)O)on2)cc1. The number of anilines is 1. The zero-order valence-corrected chi connectivity index (χ0v) is 10.6. The molecule has 0 radical (unpaired) electrons. The Morgan fingerprint density at radius 2 is 1.95 bits per heavy atom. The predicted octanol–water partition coefficient (Wildman–Crippen LogP) is 1.41. The molecular weight excluding hydrogens is 272 g/mol. The Morgan fingerprint density at radius 3 is 2.42 bits per heavy atom. The summed E-state index contributed by atoms with van der Waals surface area (Å²) >= 11 is 0. The second kappa shape index (κ2) is 4.73. The van der Waals surface area contributed by atoms with Crippen LogP contribution in [0.25, 0.3) is 11.3 Å². The van der Waals surface area contributed by atoms with Crippen molar-refractivity contribution in [1.82, 2.24) is 5.16 Å². The lowest BCUT2D eigenvalue weighted by atomic mass is 10.1. The van der Waals surface area contributed by atoms with Crippen LogP contribution < -0.4 is 4.72 Å². The number of carboxylic acid groups (broad SMARTS) is 1. The average molecular weight is 282 g/mol. The maximum absolute atomic E-state index is 11.0. The number of hydrogen-bond donors (Lipinski definition) is 2. The first-order chi connectivity index (χ1) is 8.85. The molecule has 0 fully saturated rings. The quantitative estimate of drug-likeness (QED) is 0.877. The number of carbonyl (C=O) groups is 1. The number of sulfonamides is 1. The van der Waals surface area contributed by atoms with E-state index >= 15 is 0 Å². The fourth-order valence-electron chi connectivity index (χ4n) is 1.44. The fraction of sp³-hybridized carbons (Fsp3) is 0.0909. The number of benzene rings is 1. The molecular formula is C11H10N2O5S. The molecule has 7 nitrogen and oxygen atoms in total. The normalized spacial score (nSPS) is 11.2. The van der Waals surface area contributed by atoms with E-state index in [0.717, 1.165) is 6.26 Å². The average Bonchev–Trinajstić information content (AvgIpc) is 2.77. The van der Waals surface area contributed by atoms with Crippen molar-refractivity contribution in [3.63, 3.8) is 0 Å². The molecule has 0 aliphatic heterocycles. The molecule has 1 aromatic heterocycles. The van der Waals surface area contributed by atoms with Gasteiger partial charge in [-0.1, -0.05) is 17.3 Å². The van der Waals surface area contributed by atoms with Crippen molar-refractivity contribution in [3.05, 3.63) is 36.1 Å². The van der Waals surface area contributed by atoms with E-state index in [1.807, 2.05) is 0 Å². The predicted molar refractivity (Wildman–Crippen MR) is 67.4 cm³/mol. The van der Waals surface area contributed by atoms with Gasteiger partial charge < -0.3 is 9.63 Å². The van der Waals surface area contributed by atoms with Gasteiger partial charge in [0.1, 0.15) is 5.69 Å². The molecule has 0 aliphatic rings. The highest BCUT2D eigenvalue weighted by Gasteiger charge is 2.12. The van der Waals surface area contributed by atoms with Crippen LogP contribution in [0.1, 0.15) is 10.6 Å². The number of aromatic carboxylic acids is 1. The van der Waals surface area contributed by atoms with Crippen molar-refractivity contribution >= 4 is 21.7 Å². The monoisotopic (exact) mass is 282 g/mol. The first kappa shape index (κ1) is 13.1. The molecule has 0 atom stereocenters. The van der Waals surface area contributed by atoms with Gasteiger partial charge in [-0.05, 0) is 12.1 Å². The molecule has 100 valence electrons. The lowest BCUT2D eigenvalue weighted by Crippen LogP contribution is -2.09. The van der Waals surface area contributed by atoms with Gasteiger partial charge in [0.2, 0.25) is 15.8 Å². The van der Waals surface area contributed by atoms with Crippen LogP contribution in [0.5, 0.6) is 0 Å². The van der Waals surface area contributed by atoms with Crippen LogP contribution in [-0.2, 0) is 10.0 Å². The Hall–Kier alpha value is -2.35. The number of rotatable bonds is 4. The number of nitrogens with zero attached hydrogens (tertiary/aromatic N) is 1. The zero-order chi connectivity index (χ0) is 14.0. The summed E-state index contributed by atoms with van der Waals surface area (Å²) in [5, 5.41) is 12.3. The molecule has 0 spiro atoms. The lowest BCUT2D eigenvalue weighted by molar-refractivity contribution is 0.0652. The Bertz CT molecular complexity index is 703. The van der Waals surface area contributed by atoms with E-state index in [1.54, 1.807) is 24.3 Å². The molecule has 0 unspecified atom stereocenters. The zero-order valence-electron chi connectivity index (χ0n) is 9.82. The van der Waals surface area contributed by atoms with Crippen LogP contribution in [0.3, 0.4) is 0 Å². The third kappa shape index (κ3) is 3.32. The van der Waals surface area contributed by atoms with Crippen LogP contribution in [0.15, 0.2) is 34.9 Å². The highest BCUT2D eigenvalue weighted by atomic mass is 32.2. The summed E-state index contributed by atoms with van der Waals surface area (Å²) in [6.45, 7) is 0. The molecule has 0 saturated heterocycles. The first-order valence-corrected chi connectivity index (χ1v) is 7.02. The van der Waals surface area contributed by atoms with Crippen molar-refractivity contribution in [3.8, 4) is 11.3 Å². The molecule has 0 bridgehead atoms. The third-order valence-corrected chi connectivity index (χ3v) is 2.81. The van der Waals surface area contributed by atoms with Crippen LogP contribution in [0.4, 0.5) is 5.69 Å². The van der Waals surface area contributed by atoms with E-state index in [-0.39, 0.29) is 5.76 Å². The second-order valence-electron chi connectivity index (χ2n) is 3.83. The van der Waals surface area contributed by atoms with E-state index in [1.165, 1.54) is 6.07 Å². The van der Waals surface area contributed by atoms with Gasteiger partial charge >= 0.3 is 5.97 Å². The van der Waals surface area contributed by atoms with Crippen LogP contribution in [0.2, 0.25) is 0 Å². The fourth-order valence-corrected chi connectivity index (χ4v) is 2.00. The molecule has 1 heterocycles. The van der Waals surface area contributed by atoms with Crippen molar-refractivity contribution in [2.45, 2.75) is 0 Å². The molecule has 8 heteroatoms. The maximum atomic E-state index is 11.0. The summed E-state index contributed by atoms with van der Waals surface area (Å²) in [7, 11) is -3.32. The van der Waals surface area contributed by atoms with Gasteiger partial charge in [0, 0.05) is 17.3 Å². The summed E-state index contributed by atoms with van der Waals surface area (Å²) in [5.74, 6) is -1.46. The van der Waals surface area contributed by atoms with Crippen LogP contribution >= 0.6 is 0 Å². The van der Waals surface area contributed by atoms with E-state index in [4.69, 9.17) is 5.11 Å². The minimum absolute atomic E-state index is 0.256. The van der Waals surface area contributed by atoms with Gasteiger partial charge in [0.25, 0.3) is 0 Å². The van der Waals surface area contributed by atoms with Crippen molar-refractivity contribution < 1.29 is 22.8 Å². The van der Waals surface area contributed by atoms with E-state index in [9.17, 15) is 13.2 Å². The molecule has 2 N–H and O–H groups in total. The number of carboxylic acids is 1. The van der Waals surface area contributed by atoms with Gasteiger partial charge in [-0.2, -0.15) is 0 Å². The van der Waals surface area contributed by atoms with Gasteiger partial charge in [-0.15, -0.1) is 0 Å². The Morgan fingerprint density at radius 1 is 1.32 bits per heavy atom. The minimum atomic E-state index is -3.32. The Balaban J connectivity index is 2.24. The van der Waals surface area contributed by atoms with Gasteiger partial charge in [-0.3, -0.25) is 4.72 Å². The maximum Gasteiger partial charge on any atom is 0.374 e. The number of nitrogens with one attached hydrogen (secondary N) is 1. The molecule has 2 rings (SSSR count). The molecule has 2 aromatic rings. The van der Waals surface area contributed by atoms with E-state index in [2.05, 4.69) is 14.4 Å². The summed E-state index contributed by atoms with van der Waals surface area (Å²) in [5.41, 5.74) is 1.40. The summed E-state index contributed by atoms with van der Waals surface area (Å²) in [6.07, 6.45) is 1.05. The molecule has 0 saturated carbocycles. The van der Waals surface area contributed by atoms with E-state index < -0.39 is 16.0 Å². The van der Waals surface area contributed by atoms with Gasteiger partial charge in [-0.25, -0.2) is 13.2 Å². The smallest absolute Gasteiger partial charge is 0.374 e. The minimum Gasteiger partial charge on any atom is -0.475 e. The standard InChI is InChI=1S/C11H10N2O5S/c1-19(16,17)13-8-4-2-7(3-5-8)9-6-10(11(14)15)18-12-9/h2-6,13H,1H3,(H,14,15). The van der Waals surface area contributed by atoms with Gasteiger partial charge in [0.15, 0.2) is 0 Å². The highest BCUT2D eigenvalue weighted by Crippen LogP contribution is 2.21. The highest BCUT2D eigenvalue weighted by molar-refractivity contribution is 7.92. The van der Waals surface area contributed by atoms with Crippen molar-refractivity contribution in [2.24, 2.45) is 0 Å². The summed E-state index contributed by atoms with van der Waals surface area (Å²) in [4.78, 5) is 10.6. The lowest BCUT2D eigenvalue weighted by Gasteiger charge is -2.03. The molecule has 19 heavy (non-hydrogen) atoms. The van der Waals surface area contributed by atoms with Crippen LogP contribution in [-0.4, -0.2) is 30.9 Å². The largest absolute Gasteiger partial charge is 0.475 e. The molecule has 1 aromatic carbocycles. The van der Waals surface area contributed by atoms with Gasteiger partial charge in [0.05, 0.1) is 6.26 Å². The topological polar surface area (TPSA) is 110 Å². The molecule has 0 aliphatic carbocycles.